The van der Waals surface area contributed by atoms with E-state index in [0.29, 0.717) is 0 Å². The summed E-state index contributed by atoms with van der Waals surface area (Å²) < 4.78 is 20.6. The molecule has 0 spiro atoms. The van der Waals surface area contributed by atoms with Gasteiger partial charge in [0.1, 0.15) is 12.7 Å². The molecule has 1 unspecified atom stereocenters. The van der Waals surface area contributed by atoms with E-state index in [1.807, 2.05) is 0 Å². The summed E-state index contributed by atoms with van der Waals surface area (Å²) in [5, 5.41) is -0.648. The highest BCUT2D eigenvalue weighted by Crippen LogP contribution is 2.29. The van der Waals surface area contributed by atoms with Gasteiger partial charge in [0.15, 0.2) is 11.1 Å². The molecule has 1 saturated heterocycles. The molecule has 0 bridgehead atoms. The van der Waals surface area contributed by atoms with Crippen molar-refractivity contribution in [1.29, 1.82) is 0 Å². The van der Waals surface area contributed by atoms with Crippen molar-refractivity contribution in [3.63, 3.8) is 0 Å². The van der Waals surface area contributed by atoms with Crippen LogP contribution in [0.3, 0.4) is 0 Å². The van der Waals surface area contributed by atoms with Gasteiger partial charge in [-0.1, -0.05) is 15.9 Å². The summed E-state index contributed by atoms with van der Waals surface area (Å²) in [5.74, 6) is -1.41. The molecule has 0 aromatic rings. The molecule has 1 fully saturated rings. The first-order valence-corrected chi connectivity index (χ1v) is 6.98. The summed E-state index contributed by atoms with van der Waals surface area (Å²) in [6.07, 6.45) is -1.58. The number of rotatable bonds is 4. The van der Waals surface area contributed by atoms with Crippen LogP contribution in [-0.4, -0.2) is 47.8 Å². The maximum Gasteiger partial charge on any atom is 0.303 e. The largest absolute Gasteiger partial charge is 0.463 e. The van der Waals surface area contributed by atoms with Crippen LogP contribution in [0.15, 0.2) is 0 Å². The smallest absolute Gasteiger partial charge is 0.303 e. The third-order valence-electron chi connectivity index (χ3n) is 2.53. The van der Waals surface area contributed by atoms with E-state index in [4.69, 9.17) is 18.9 Å². The molecule has 0 radical (unpaired) electrons. The second kappa shape index (κ2) is 7.58. The van der Waals surface area contributed by atoms with Crippen LogP contribution in [0.4, 0.5) is 0 Å². The first-order chi connectivity index (χ1) is 9.29. The molecule has 1 aliphatic rings. The van der Waals surface area contributed by atoms with Crippen molar-refractivity contribution in [3.05, 3.63) is 0 Å². The Hall–Kier alpha value is -1.15. The molecule has 114 valence electrons. The lowest BCUT2D eigenvalue weighted by atomic mass is 10.0. The third-order valence-corrected chi connectivity index (χ3v) is 3.27. The molecule has 0 aromatic heterocycles. The van der Waals surface area contributed by atoms with Crippen LogP contribution in [0.5, 0.6) is 0 Å². The number of carbonyl (C=O) groups excluding carboxylic acids is 3. The highest BCUT2D eigenvalue weighted by Gasteiger charge is 2.42. The topological polar surface area (TPSA) is 88.1 Å². The molecule has 1 aliphatic heterocycles. The minimum atomic E-state index is -0.745. The molecule has 0 aromatic carbocycles. The standard InChI is InChI=1S/C12H17BrO7/c1-6(14)17-5-9-4-10(18-7(2)15)11(12(13)20-9)19-8(3)16/h9-12H,4-5H2,1-3H3/t9-,10-,11+,12?/m0/s1. The summed E-state index contributed by atoms with van der Waals surface area (Å²) in [6.45, 7) is 3.86. The van der Waals surface area contributed by atoms with E-state index in [2.05, 4.69) is 15.9 Å². The molecule has 0 aliphatic carbocycles. The van der Waals surface area contributed by atoms with E-state index >= 15 is 0 Å². The Bertz CT molecular complexity index is 384. The highest BCUT2D eigenvalue weighted by molar-refractivity contribution is 9.09. The normalized spacial score (nSPS) is 29.4. The van der Waals surface area contributed by atoms with Gasteiger partial charge in [0.05, 0.1) is 6.10 Å². The number of ether oxygens (including phenoxy) is 4. The Morgan fingerprint density at radius 1 is 1.10 bits per heavy atom. The van der Waals surface area contributed by atoms with Gasteiger partial charge >= 0.3 is 17.9 Å². The lowest BCUT2D eigenvalue weighted by Crippen LogP contribution is -2.50. The lowest BCUT2D eigenvalue weighted by Gasteiger charge is -2.37. The Balaban J connectivity index is 2.71. The Morgan fingerprint density at radius 2 is 1.70 bits per heavy atom. The fourth-order valence-electron chi connectivity index (χ4n) is 1.85. The van der Waals surface area contributed by atoms with Gasteiger partial charge in [0, 0.05) is 27.2 Å². The van der Waals surface area contributed by atoms with Crippen LogP contribution < -0.4 is 0 Å². The van der Waals surface area contributed by atoms with Gasteiger partial charge in [-0.2, -0.15) is 0 Å². The number of hydrogen-bond acceptors (Lipinski definition) is 7. The monoisotopic (exact) mass is 352 g/mol. The maximum atomic E-state index is 11.1. The molecule has 0 N–H and O–H groups in total. The summed E-state index contributed by atoms with van der Waals surface area (Å²) in [6, 6.07) is 0. The van der Waals surface area contributed by atoms with Crippen molar-refractivity contribution in [2.45, 2.75) is 50.5 Å². The quantitative estimate of drug-likeness (QED) is 0.422. The average molecular weight is 353 g/mol. The number of halogens is 1. The van der Waals surface area contributed by atoms with Crippen LogP contribution in [0.2, 0.25) is 0 Å². The summed E-state index contributed by atoms with van der Waals surface area (Å²) in [4.78, 5) is 33.0. The van der Waals surface area contributed by atoms with Crippen LogP contribution in [0.1, 0.15) is 27.2 Å². The van der Waals surface area contributed by atoms with E-state index in [0.717, 1.165) is 0 Å². The zero-order valence-electron chi connectivity index (χ0n) is 11.5. The summed E-state index contributed by atoms with van der Waals surface area (Å²) >= 11 is 3.23. The van der Waals surface area contributed by atoms with Crippen molar-refractivity contribution in [2.24, 2.45) is 0 Å². The first kappa shape index (κ1) is 16.9. The van der Waals surface area contributed by atoms with E-state index in [-0.39, 0.29) is 13.0 Å². The molecule has 4 atom stereocenters. The van der Waals surface area contributed by atoms with Crippen LogP contribution >= 0.6 is 15.9 Å². The molecular weight excluding hydrogens is 336 g/mol. The van der Waals surface area contributed by atoms with Crippen molar-refractivity contribution >= 4 is 33.8 Å². The summed E-state index contributed by atoms with van der Waals surface area (Å²) in [5.41, 5.74) is 0. The van der Waals surface area contributed by atoms with Crippen molar-refractivity contribution in [2.75, 3.05) is 6.61 Å². The molecule has 0 amide bonds. The minimum absolute atomic E-state index is 0.0436. The molecule has 8 heteroatoms. The molecular formula is C12H17BrO7. The van der Waals surface area contributed by atoms with Crippen molar-refractivity contribution in [1.82, 2.24) is 0 Å². The highest BCUT2D eigenvalue weighted by atomic mass is 79.9. The predicted molar refractivity (Wildman–Crippen MR) is 69.9 cm³/mol. The van der Waals surface area contributed by atoms with Gasteiger partial charge in [-0.05, 0) is 0 Å². The zero-order chi connectivity index (χ0) is 15.3. The number of carbonyl (C=O) groups is 3. The van der Waals surface area contributed by atoms with Crippen LogP contribution in [-0.2, 0) is 33.3 Å². The predicted octanol–water partition coefficient (Wildman–Crippen LogP) is 0.923. The van der Waals surface area contributed by atoms with Gasteiger partial charge in [-0.15, -0.1) is 0 Å². The van der Waals surface area contributed by atoms with E-state index in [9.17, 15) is 14.4 Å². The van der Waals surface area contributed by atoms with Gasteiger partial charge in [-0.3, -0.25) is 14.4 Å². The molecule has 1 rings (SSSR count). The number of alkyl halides is 1. The summed E-state index contributed by atoms with van der Waals surface area (Å²) in [7, 11) is 0. The average Bonchev–Trinajstić information content (AvgIpc) is 2.29. The second-order valence-corrected chi connectivity index (χ2v) is 5.27. The van der Waals surface area contributed by atoms with Crippen molar-refractivity contribution in [3.8, 4) is 0 Å². The molecule has 1 heterocycles. The molecule has 0 saturated carbocycles. The second-order valence-electron chi connectivity index (χ2n) is 4.37. The van der Waals surface area contributed by atoms with E-state index in [1.54, 1.807) is 0 Å². The minimum Gasteiger partial charge on any atom is -0.463 e. The third kappa shape index (κ3) is 5.46. The van der Waals surface area contributed by atoms with Gasteiger partial charge < -0.3 is 18.9 Å². The Morgan fingerprint density at radius 3 is 2.20 bits per heavy atom. The van der Waals surface area contributed by atoms with E-state index < -0.39 is 41.2 Å². The Labute approximate surface area is 125 Å². The van der Waals surface area contributed by atoms with Gasteiger partial charge in [-0.25, -0.2) is 0 Å². The fraction of sp³-hybridized carbons (Fsp3) is 0.750. The lowest BCUT2D eigenvalue weighted by molar-refractivity contribution is -0.196. The number of hydrogen-bond donors (Lipinski definition) is 0. The zero-order valence-corrected chi connectivity index (χ0v) is 13.0. The molecule has 7 nitrogen and oxygen atoms in total. The maximum absolute atomic E-state index is 11.1. The van der Waals surface area contributed by atoms with Gasteiger partial charge in [0.2, 0.25) is 0 Å². The van der Waals surface area contributed by atoms with Crippen molar-refractivity contribution < 1.29 is 33.3 Å². The van der Waals surface area contributed by atoms with Crippen LogP contribution in [0.25, 0.3) is 0 Å². The number of esters is 3. The van der Waals surface area contributed by atoms with E-state index in [1.165, 1.54) is 20.8 Å². The Kier molecular flexibility index (Phi) is 6.41. The van der Waals surface area contributed by atoms with Gasteiger partial charge in [0.25, 0.3) is 0 Å². The van der Waals surface area contributed by atoms with Crippen LogP contribution in [0, 0.1) is 0 Å². The fourth-order valence-corrected chi connectivity index (χ4v) is 2.60. The molecule has 20 heavy (non-hydrogen) atoms. The SMILES string of the molecule is CC(=O)OC[C@@H]1C[C@H](OC(C)=O)[C@@H](OC(C)=O)C(Br)O1. The first-order valence-electron chi connectivity index (χ1n) is 6.07.